The summed E-state index contributed by atoms with van der Waals surface area (Å²) in [5.74, 6) is -0.824. The van der Waals surface area contributed by atoms with Gasteiger partial charge in [0.25, 0.3) is 0 Å². The Labute approximate surface area is 145 Å². The van der Waals surface area contributed by atoms with E-state index in [4.69, 9.17) is 9.47 Å². The van der Waals surface area contributed by atoms with E-state index in [2.05, 4.69) is 20.1 Å². The van der Waals surface area contributed by atoms with Crippen LogP contribution in [0.15, 0.2) is 24.3 Å². The third-order valence-corrected chi connectivity index (χ3v) is 6.90. The monoisotopic (exact) mass is 358 g/mol. The molecular weight excluding hydrogens is 327 g/mol. The summed E-state index contributed by atoms with van der Waals surface area (Å²) in [5.41, 5.74) is 0.729. The summed E-state index contributed by atoms with van der Waals surface area (Å²) in [6, 6.07) is 0. The van der Waals surface area contributed by atoms with E-state index < -0.39 is 19.1 Å². The molecule has 0 aliphatic heterocycles. The van der Waals surface area contributed by atoms with E-state index in [-0.39, 0.29) is 13.2 Å². The molecule has 0 unspecified atom stereocenters. The fourth-order valence-electron chi connectivity index (χ4n) is 2.06. The molecule has 0 amide bonds. The van der Waals surface area contributed by atoms with Crippen LogP contribution in [-0.2, 0) is 23.6 Å². The van der Waals surface area contributed by atoms with E-state index in [1.165, 1.54) is 0 Å². The summed E-state index contributed by atoms with van der Waals surface area (Å²) in [5, 5.41) is 0. The normalized spacial score (nSPS) is 11.0. The van der Waals surface area contributed by atoms with Crippen LogP contribution in [0, 0.1) is 0 Å². The first-order valence-electron chi connectivity index (χ1n) is 8.44. The van der Waals surface area contributed by atoms with Crippen LogP contribution in [0.5, 0.6) is 0 Å². The lowest BCUT2D eigenvalue weighted by atomic mass is 10.4. The van der Waals surface area contributed by atoms with E-state index in [1.807, 2.05) is 0 Å². The lowest BCUT2D eigenvalue weighted by molar-refractivity contribution is -0.139. The van der Waals surface area contributed by atoms with Crippen molar-refractivity contribution in [2.24, 2.45) is 0 Å². The summed E-state index contributed by atoms with van der Waals surface area (Å²) in [4.78, 5) is 22.6. The van der Waals surface area contributed by atoms with Gasteiger partial charge in [0.05, 0.1) is 20.4 Å². The van der Waals surface area contributed by atoms with Gasteiger partial charge < -0.3 is 14.0 Å². The number of rotatable bonds is 13. The highest BCUT2D eigenvalue weighted by Crippen LogP contribution is 2.47. The third kappa shape index (κ3) is 10.4. The highest BCUT2D eigenvalue weighted by molar-refractivity contribution is 7.63. The summed E-state index contributed by atoms with van der Waals surface area (Å²) >= 11 is 0. The predicted molar refractivity (Wildman–Crippen MR) is 97.9 cm³/mol. The first kappa shape index (κ1) is 22.6. The Kier molecular flexibility index (Phi) is 11.4. The number of hydrogen-bond acceptors (Lipinski definition) is 5. The maximum absolute atomic E-state index is 13.0. The topological polar surface area (TPSA) is 69.7 Å². The van der Waals surface area contributed by atoms with Gasteiger partial charge in [0.15, 0.2) is 0 Å². The molecule has 0 aromatic carbocycles. The third-order valence-electron chi connectivity index (χ3n) is 3.50. The minimum absolute atomic E-state index is 0.256. The zero-order valence-electron chi connectivity index (χ0n) is 15.3. The van der Waals surface area contributed by atoms with Crippen molar-refractivity contribution < 1.29 is 23.6 Å². The van der Waals surface area contributed by atoms with Crippen LogP contribution in [0.4, 0.5) is 0 Å². The second-order valence-electron chi connectivity index (χ2n) is 6.12. The average Bonchev–Trinajstić information content (AvgIpc) is 2.53. The van der Waals surface area contributed by atoms with E-state index in [0.717, 1.165) is 12.8 Å². The number of hydrogen-bond donors (Lipinski definition) is 0. The van der Waals surface area contributed by atoms with Crippen molar-refractivity contribution in [1.82, 2.24) is 0 Å². The molecule has 0 heterocycles. The Morgan fingerprint density at radius 3 is 1.54 bits per heavy atom. The van der Waals surface area contributed by atoms with Gasteiger partial charge in [0.2, 0.25) is 0 Å². The standard InChI is InChI=1S/C18H31O5P/c1-6-7-12-24(21,13-8-10-22-17(19)15(2)3)14-9-11-23-18(20)16(4)5/h2,4,6-14H2,1,3,5H3. The van der Waals surface area contributed by atoms with Crippen molar-refractivity contribution in [3.63, 3.8) is 0 Å². The summed E-state index contributed by atoms with van der Waals surface area (Å²) in [6.07, 6.45) is 4.83. The SMILES string of the molecule is C=C(C)C(=O)OCCCP(=O)(CCCC)CCCOC(=O)C(=C)C. The first-order valence-corrected chi connectivity index (χ1v) is 10.7. The Morgan fingerprint density at radius 2 is 1.21 bits per heavy atom. The molecule has 0 rings (SSSR count). The number of ether oxygens (including phenoxy) is 2. The Balaban J connectivity index is 4.27. The fourth-order valence-corrected chi connectivity index (χ4v) is 5.04. The van der Waals surface area contributed by atoms with Gasteiger partial charge in [0, 0.05) is 29.6 Å². The minimum atomic E-state index is -2.33. The van der Waals surface area contributed by atoms with Crippen molar-refractivity contribution in [3.8, 4) is 0 Å². The van der Waals surface area contributed by atoms with Crippen molar-refractivity contribution in [2.45, 2.75) is 46.5 Å². The van der Waals surface area contributed by atoms with Crippen LogP contribution in [0.1, 0.15) is 46.5 Å². The molecule has 5 nitrogen and oxygen atoms in total. The molecule has 138 valence electrons. The largest absolute Gasteiger partial charge is 0.462 e. The van der Waals surface area contributed by atoms with Gasteiger partial charge in [-0.1, -0.05) is 26.5 Å². The van der Waals surface area contributed by atoms with Gasteiger partial charge in [-0.2, -0.15) is 0 Å². The van der Waals surface area contributed by atoms with E-state index in [9.17, 15) is 14.2 Å². The molecule has 0 saturated heterocycles. The average molecular weight is 358 g/mol. The molecular formula is C18H31O5P. The molecule has 0 saturated carbocycles. The number of carbonyl (C=O) groups is 2. The van der Waals surface area contributed by atoms with Crippen molar-refractivity contribution in [1.29, 1.82) is 0 Å². The van der Waals surface area contributed by atoms with Gasteiger partial charge in [-0.25, -0.2) is 9.59 Å². The quantitative estimate of drug-likeness (QED) is 0.214. The van der Waals surface area contributed by atoms with E-state index in [1.54, 1.807) is 13.8 Å². The van der Waals surface area contributed by atoms with Gasteiger partial charge in [-0.3, -0.25) is 0 Å². The maximum atomic E-state index is 13.0. The zero-order valence-corrected chi connectivity index (χ0v) is 16.2. The number of carbonyl (C=O) groups excluding carboxylic acids is 2. The summed E-state index contributed by atoms with van der Waals surface area (Å²) in [7, 11) is -2.33. The zero-order chi connectivity index (χ0) is 18.6. The molecule has 0 bridgehead atoms. The fraction of sp³-hybridized carbons (Fsp3) is 0.667. The molecule has 0 aromatic heterocycles. The number of unbranched alkanes of at least 4 members (excludes halogenated alkanes) is 1. The Morgan fingerprint density at radius 1 is 0.833 bits per heavy atom. The van der Waals surface area contributed by atoms with Crippen LogP contribution in [-0.4, -0.2) is 43.6 Å². The lowest BCUT2D eigenvalue weighted by Crippen LogP contribution is -2.11. The lowest BCUT2D eigenvalue weighted by Gasteiger charge is -2.18. The molecule has 0 aliphatic carbocycles. The molecule has 0 N–H and O–H groups in total. The molecule has 6 heteroatoms. The highest BCUT2D eigenvalue weighted by Gasteiger charge is 2.21. The highest BCUT2D eigenvalue weighted by atomic mass is 31.2. The minimum Gasteiger partial charge on any atom is -0.462 e. The number of esters is 2. The molecule has 0 aromatic rings. The second-order valence-corrected chi connectivity index (χ2v) is 9.58. The van der Waals surface area contributed by atoms with E-state index in [0.29, 0.717) is 42.5 Å². The predicted octanol–water partition coefficient (Wildman–Crippen LogP) is 4.17. The van der Waals surface area contributed by atoms with Crippen LogP contribution in [0.25, 0.3) is 0 Å². The summed E-state index contributed by atoms with van der Waals surface area (Å²) < 4.78 is 23.1. The van der Waals surface area contributed by atoms with Crippen LogP contribution in [0.2, 0.25) is 0 Å². The Hall–Kier alpha value is -1.35. The van der Waals surface area contributed by atoms with Crippen molar-refractivity contribution >= 4 is 19.1 Å². The molecule has 24 heavy (non-hydrogen) atoms. The van der Waals surface area contributed by atoms with Crippen LogP contribution < -0.4 is 0 Å². The molecule has 0 fully saturated rings. The van der Waals surface area contributed by atoms with Gasteiger partial charge in [0.1, 0.15) is 0 Å². The first-order chi connectivity index (χ1) is 11.2. The maximum Gasteiger partial charge on any atom is 0.333 e. The molecule has 0 spiro atoms. The second kappa shape index (κ2) is 12.1. The molecule has 0 atom stereocenters. The molecule has 0 aliphatic rings. The van der Waals surface area contributed by atoms with Crippen molar-refractivity contribution in [3.05, 3.63) is 24.3 Å². The van der Waals surface area contributed by atoms with Gasteiger partial charge in [-0.05, 0) is 33.1 Å². The van der Waals surface area contributed by atoms with Gasteiger partial charge >= 0.3 is 11.9 Å². The van der Waals surface area contributed by atoms with Gasteiger partial charge in [-0.15, -0.1) is 0 Å². The smallest absolute Gasteiger partial charge is 0.333 e. The van der Waals surface area contributed by atoms with Crippen molar-refractivity contribution in [2.75, 3.05) is 31.7 Å². The summed E-state index contributed by atoms with van der Waals surface area (Å²) in [6.45, 7) is 12.8. The van der Waals surface area contributed by atoms with E-state index >= 15 is 0 Å². The molecule has 0 radical (unpaired) electrons. The van der Waals surface area contributed by atoms with Crippen LogP contribution in [0.3, 0.4) is 0 Å². The Bertz CT molecular complexity index is 458. The van der Waals surface area contributed by atoms with Crippen LogP contribution >= 0.6 is 7.14 Å².